The van der Waals surface area contributed by atoms with E-state index in [-0.39, 0.29) is 25.9 Å². The van der Waals surface area contributed by atoms with E-state index >= 15 is 0 Å². The van der Waals surface area contributed by atoms with Gasteiger partial charge in [0.15, 0.2) is 6.10 Å². The molecule has 0 saturated heterocycles. The zero-order chi connectivity index (χ0) is 54.1. The molecule has 0 bridgehead atoms. The third-order valence-corrected chi connectivity index (χ3v) is 14.1. The monoisotopic (exact) mass is 1060 g/mol. The fraction of sp³-hybridized carbons (Fsp3) is 0.823. The van der Waals surface area contributed by atoms with Crippen LogP contribution in [0.25, 0.3) is 0 Å². The highest BCUT2D eigenvalue weighted by molar-refractivity contribution is 7.47. The van der Waals surface area contributed by atoms with E-state index in [4.69, 9.17) is 23.3 Å². The minimum Gasteiger partial charge on any atom is -0.462 e. The van der Waals surface area contributed by atoms with Gasteiger partial charge in [-0.2, -0.15) is 0 Å². The topological polar surface area (TPSA) is 155 Å². The number of hydrogen-bond donors (Lipinski definition) is 2. The number of aliphatic hydroxyl groups excluding tert-OH is 1. The van der Waals surface area contributed by atoms with E-state index < -0.39 is 57.8 Å². The van der Waals surface area contributed by atoms with E-state index in [2.05, 4.69) is 69.4 Å². The van der Waals surface area contributed by atoms with Crippen molar-refractivity contribution in [1.29, 1.82) is 0 Å². The van der Waals surface area contributed by atoms with Crippen molar-refractivity contribution < 1.29 is 52.2 Å². The smallest absolute Gasteiger partial charge is 0.462 e. The van der Waals surface area contributed by atoms with Crippen LogP contribution in [0.1, 0.15) is 290 Å². The largest absolute Gasteiger partial charge is 0.472 e. The van der Waals surface area contributed by atoms with Crippen LogP contribution in [-0.2, 0) is 42.2 Å². The molecular formula is C62H113O11P. The first-order valence-corrected chi connectivity index (χ1v) is 32.0. The molecule has 0 fully saturated rings. The lowest BCUT2D eigenvalue weighted by atomic mass is 10.1. The molecule has 0 amide bonds. The predicted molar refractivity (Wildman–Crippen MR) is 307 cm³/mol. The summed E-state index contributed by atoms with van der Waals surface area (Å²) in [6.07, 6.45) is 60.6. The first kappa shape index (κ1) is 71.4. The first-order valence-electron chi connectivity index (χ1n) is 30.5. The van der Waals surface area contributed by atoms with Crippen molar-refractivity contribution in [3.05, 3.63) is 48.6 Å². The fourth-order valence-electron chi connectivity index (χ4n) is 8.48. The highest BCUT2D eigenvalue weighted by Gasteiger charge is 2.28. The first-order chi connectivity index (χ1) is 36.2. The second-order valence-corrected chi connectivity index (χ2v) is 22.0. The lowest BCUT2D eigenvalue weighted by Crippen LogP contribution is -2.30. The van der Waals surface area contributed by atoms with E-state index in [0.29, 0.717) is 19.3 Å². The van der Waals surface area contributed by atoms with E-state index in [1.165, 1.54) is 135 Å². The summed E-state index contributed by atoms with van der Waals surface area (Å²) >= 11 is 0. The molecule has 3 atom stereocenters. The normalized spacial score (nSPS) is 13.6. The number of esters is 3. The quantitative estimate of drug-likeness (QED) is 0.0197. The molecule has 0 spiro atoms. The maximum absolute atomic E-state index is 12.9. The van der Waals surface area contributed by atoms with Gasteiger partial charge in [0.1, 0.15) is 12.7 Å². The maximum Gasteiger partial charge on any atom is 0.472 e. The second kappa shape index (κ2) is 56.6. The average Bonchev–Trinajstić information content (AvgIpc) is 3.39. The van der Waals surface area contributed by atoms with Crippen LogP contribution in [0.2, 0.25) is 0 Å². The predicted octanol–water partition coefficient (Wildman–Crippen LogP) is 18.1. The van der Waals surface area contributed by atoms with Crippen molar-refractivity contribution in [3.63, 3.8) is 0 Å². The Morgan fingerprint density at radius 3 is 1.08 bits per heavy atom. The van der Waals surface area contributed by atoms with Crippen LogP contribution < -0.4 is 0 Å². The molecule has 74 heavy (non-hydrogen) atoms. The van der Waals surface area contributed by atoms with Gasteiger partial charge in [0, 0.05) is 19.3 Å². The molecule has 11 nitrogen and oxygen atoms in total. The number of carbonyl (C=O) groups is 3. The van der Waals surface area contributed by atoms with Gasteiger partial charge in [0.05, 0.1) is 19.8 Å². The number of phosphoric acid groups is 1. The van der Waals surface area contributed by atoms with Crippen LogP contribution in [-0.4, -0.2) is 66.5 Å². The number of phosphoric ester groups is 1. The van der Waals surface area contributed by atoms with Gasteiger partial charge in [-0.05, 0) is 96.3 Å². The van der Waals surface area contributed by atoms with E-state index in [9.17, 15) is 28.9 Å². The Kier molecular flexibility index (Phi) is 54.7. The minimum absolute atomic E-state index is 0.165. The van der Waals surface area contributed by atoms with Crippen molar-refractivity contribution in [2.75, 3.05) is 26.4 Å². The molecule has 0 aromatic carbocycles. The van der Waals surface area contributed by atoms with Gasteiger partial charge < -0.3 is 24.2 Å². The lowest BCUT2D eigenvalue weighted by Gasteiger charge is -2.21. The molecule has 3 unspecified atom stereocenters. The molecular weight excluding hydrogens is 952 g/mol. The molecule has 0 aliphatic rings. The summed E-state index contributed by atoms with van der Waals surface area (Å²) in [6, 6.07) is 0. The second-order valence-electron chi connectivity index (χ2n) is 20.5. The molecule has 0 saturated carbocycles. The van der Waals surface area contributed by atoms with Gasteiger partial charge in [-0.3, -0.25) is 23.4 Å². The van der Waals surface area contributed by atoms with E-state index in [1.54, 1.807) is 0 Å². The van der Waals surface area contributed by atoms with Gasteiger partial charge in [0.2, 0.25) is 0 Å². The summed E-state index contributed by atoms with van der Waals surface area (Å²) in [5.74, 6) is -1.47. The molecule has 0 heterocycles. The van der Waals surface area contributed by atoms with Gasteiger partial charge in [-0.15, -0.1) is 0 Å². The van der Waals surface area contributed by atoms with Crippen LogP contribution >= 0.6 is 7.82 Å². The van der Waals surface area contributed by atoms with Crippen molar-refractivity contribution >= 4 is 25.7 Å². The van der Waals surface area contributed by atoms with Gasteiger partial charge >= 0.3 is 25.7 Å². The Morgan fingerprint density at radius 1 is 0.378 bits per heavy atom. The van der Waals surface area contributed by atoms with Gasteiger partial charge in [-0.1, -0.05) is 223 Å². The minimum atomic E-state index is -4.75. The Bertz CT molecular complexity index is 1430. The zero-order valence-electron chi connectivity index (χ0n) is 47.8. The summed E-state index contributed by atoms with van der Waals surface area (Å²) in [5.41, 5.74) is 0. The third-order valence-electron chi connectivity index (χ3n) is 13.2. The van der Waals surface area contributed by atoms with E-state index in [1.807, 2.05) is 0 Å². The van der Waals surface area contributed by atoms with Crippen molar-refractivity contribution in [3.8, 4) is 0 Å². The molecule has 2 N–H and O–H groups in total. The number of carbonyl (C=O) groups excluding carboxylic acids is 3. The average molecular weight is 1070 g/mol. The fourth-order valence-corrected chi connectivity index (χ4v) is 9.26. The van der Waals surface area contributed by atoms with Crippen molar-refractivity contribution in [2.45, 2.75) is 303 Å². The van der Waals surface area contributed by atoms with Gasteiger partial charge in [0.25, 0.3) is 0 Å². The van der Waals surface area contributed by atoms with Crippen molar-refractivity contribution in [2.24, 2.45) is 0 Å². The Morgan fingerprint density at radius 2 is 0.676 bits per heavy atom. The SMILES string of the molecule is CCCC/C=C\CCCCCCCC(=O)OCC(COP(=O)(O)OCC(CO)OC(=O)CCCCCCCCC/C=C\C/C=C\CCCCC)OC(=O)CCCCCCCCCCC/C=C\CCCCCCCC. The highest BCUT2D eigenvalue weighted by Crippen LogP contribution is 2.43. The Hall–Kier alpha value is -2.56. The van der Waals surface area contributed by atoms with Crippen LogP contribution in [0.3, 0.4) is 0 Å². The van der Waals surface area contributed by atoms with E-state index in [0.717, 1.165) is 96.3 Å². The molecule has 0 aliphatic heterocycles. The molecule has 0 aromatic rings. The maximum atomic E-state index is 12.9. The Labute approximate surface area is 453 Å². The standard InChI is InChI=1S/C62H113O11P/c1-4-7-10-13-16-19-22-24-26-28-29-31-33-35-38-41-44-47-50-53-62(66)73-59(55-69-60(64)51-48-45-42-39-36-21-18-15-12-9-6-3)57-71-74(67,68)70-56-58(54-63)72-61(65)52-49-46-43-40-37-34-32-30-27-25-23-20-17-14-11-8-5-2/h15,17-18,20,24-27,58-59,63H,4-14,16,19,21-23,28-57H2,1-3H3,(H,67,68)/b18-15-,20-17-,26-24-,27-25-. The van der Waals surface area contributed by atoms with Crippen LogP contribution in [0.15, 0.2) is 48.6 Å². The number of ether oxygens (including phenoxy) is 3. The molecule has 12 heteroatoms. The summed E-state index contributed by atoms with van der Waals surface area (Å²) in [6.45, 7) is 4.59. The molecule has 0 aliphatic carbocycles. The summed E-state index contributed by atoms with van der Waals surface area (Å²) in [4.78, 5) is 48.6. The zero-order valence-corrected chi connectivity index (χ0v) is 48.7. The lowest BCUT2D eigenvalue weighted by molar-refractivity contribution is -0.161. The van der Waals surface area contributed by atoms with Crippen LogP contribution in [0.4, 0.5) is 0 Å². The molecule has 0 radical (unpaired) electrons. The molecule has 432 valence electrons. The molecule has 0 rings (SSSR count). The number of allylic oxidation sites excluding steroid dienone is 8. The van der Waals surface area contributed by atoms with Crippen LogP contribution in [0, 0.1) is 0 Å². The Balaban J connectivity index is 4.64. The summed E-state index contributed by atoms with van der Waals surface area (Å²) in [5, 5.41) is 9.83. The summed E-state index contributed by atoms with van der Waals surface area (Å²) in [7, 11) is -4.75. The number of unbranched alkanes of at least 4 members (excludes halogenated alkanes) is 32. The highest BCUT2D eigenvalue weighted by atomic mass is 31.2. The number of hydrogen-bond acceptors (Lipinski definition) is 10. The number of rotatable bonds is 57. The molecule has 0 aromatic heterocycles. The van der Waals surface area contributed by atoms with Crippen LogP contribution in [0.5, 0.6) is 0 Å². The summed E-state index contributed by atoms with van der Waals surface area (Å²) < 4.78 is 39.6. The number of aliphatic hydroxyl groups is 1. The van der Waals surface area contributed by atoms with Gasteiger partial charge in [-0.25, -0.2) is 4.57 Å². The third kappa shape index (κ3) is 54.2. The van der Waals surface area contributed by atoms with Crippen molar-refractivity contribution in [1.82, 2.24) is 0 Å².